The monoisotopic (exact) mass is 337 g/mol. The van der Waals surface area contributed by atoms with Crippen molar-refractivity contribution in [3.8, 4) is 0 Å². The van der Waals surface area contributed by atoms with Gasteiger partial charge in [0.05, 0.1) is 5.56 Å². The van der Waals surface area contributed by atoms with Crippen LogP contribution in [0.4, 0.5) is 18.9 Å². The molecule has 0 aliphatic heterocycles. The average Bonchev–Trinajstić information content (AvgIpc) is 2.22. The van der Waals surface area contributed by atoms with Crippen molar-refractivity contribution in [3.63, 3.8) is 0 Å². The van der Waals surface area contributed by atoms with Crippen LogP contribution in [0.2, 0.25) is 0 Å². The summed E-state index contributed by atoms with van der Waals surface area (Å²) >= 11 is 3.20. The summed E-state index contributed by atoms with van der Waals surface area (Å²) in [5.41, 5.74) is -0.452. The van der Waals surface area contributed by atoms with Gasteiger partial charge in [0.2, 0.25) is 0 Å². The minimum absolute atomic E-state index is 0.0530. The van der Waals surface area contributed by atoms with Crippen LogP contribution < -0.4 is 5.32 Å². The molecule has 1 aromatic carbocycles. The number of hydrogen-bond acceptors (Lipinski definition) is 1. The lowest BCUT2D eigenvalue weighted by atomic mass is 9.82. The van der Waals surface area contributed by atoms with Crippen molar-refractivity contribution >= 4 is 21.6 Å². The number of alkyl halides is 3. The van der Waals surface area contributed by atoms with Crippen LogP contribution in [-0.2, 0) is 6.18 Å². The van der Waals surface area contributed by atoms with E-state index in [1.165, 1.54) is 12.1 Å². The molecule has 1 N–H and O–H groups in total. The largest absolute Gasteiger partial charge is 0.418 e. The van der Waals surface area contributed by atoms with Gasteiger partial charge in [-0.15, -0.1) is 0 Å². The molecule has 0 saturated carbocycles. The van der Waals surface area contributed by atoms with Crippen LogP contribution in [-0.4, -0.2) is 6.54 Å². The molecule has 0 heterocycles. The summed E-state index contributed by atoms with van der Waals surface area (Å²) in [7, 11) is 0. The molecule has 1 aromatic rings. The van der Waals surface area contributed by atoms with E-state index < -0.39 is 11.7 Å². The summed E-state index contributed by atoms with van der Waals surface area (Å²) in [4.78, 5) is 0. The van der Waals surface area contributed by atoms with Crippen molar-refractivity contribution < 1.29 is 13.2 Å². The Labute approximate surface area is 120 Å². The second-order valence-corrected chi connectivity index (χ2v) is 6.75. The van der Waals surface area contributed by atoms with Gasteiger partial charge >= 0.3 is 6.18 Å². The summed E-state index contributed by atoms with van der Waals surface area (Å²) < 4.78 is 39.3. The summed E-state index contributed by atoms with van der Waals surface area (Å²) in [6.45, 7) is 8.75. The molecule has 1 nitrogen and oxygen atoms in total. The van der Waals surface area contributed by atoms with Crippen LogP contribution in [0.1, 0.15) is 33.3 Å². The average molecular weight is 338 g/mol. The van der Waals surface area contributed by atoms with E-state index in [4.69, 9.17) is 0 Å². The van der Waals surface area contributed by atoms with E-state index in [0.717, 1.165) is 6.07 Å². The number of halogens is 4. The molecule has 108 valence electrons. The molecule has 0 fully saturated rings. The minimum atomic E-state index is -4.34. The molecular formula is C14H19BrF3N. The first-order valence-corrected chi connectivity index (χ1v) is 6.91. The third-order valence-electron chi connectivity index (χ3n) is 3.36. The maximum Gasteiger partial charge on any atom is 0.418 e. The summed E-state index contributed by atoms with van der Waals surface area (Å²) in [5.74, 6) is 0.257. The van der Waals surface area contributed by atoms with E-state index in [2.05, 4.69) is 42.0 Å². The van der Waals surface area contributed by atoms with Gasteiger partial charge in [-0.3, -0.25) is 0 Å². The Hall–Kier alpha value is -0.710. The number of hydrogen-bond donors (Lipinski definition) is 1. The molecule has 1 unspecified atom stereocenters. The van der Waals surface area contributed by atoms with Crippen molar-refractivity contribution in [2.45, 2.75) is 33.9 Å². The number of anilines is 1. The van der Waals surface area contributed by atoms with Gasteiger partial charge in [0, 0.05) is 16.7 Å². The van der Waals surface area contributed by atoms with Crippen molar-refractivity contribution in [1.29, 1.82) is 0 Å². The fourth-order valence-corrected chi connectivity index (χ4v) is 1.84. The zero-order valence-electron chi connectivity index (χ0n) is 11.5. The molecule has 5 heteroatoms. The van der Waals surface area contributed by atoms with Crippen LogP contribution in [0.25, 0.3) is 0 Å². The Kier molecular flexibility index (Phi) is 4.93. The molecule has 0 saturated heterocycles. The molecule has 0 amide bonds. The molecule has 1 rings (SSSR count). The Morgan fingerprint density at radius 3 is 2.26 bits per heavy atom. The number of nitrogens with one attached hydrogen (secondary N) is 1. The third-order valence-corrected chi connectivity index (χ3v) is 3.86. The van der Waals surface area contributed by atoms with E-state index in [1.54, 1.807) is 0 Å². The highest BCUT2D eigenvalue weighted by Gasteiger charge is 2.33. The molecule has 0 radical (unpaired) electrons. The lowest BCUT2D eigenvalue weighted by Gasteiger charge is -2.28. The van der Waals surface area contributed by atoms with E-state index in [9.17, 15) is 13.2 Å². The lowest BCUT2D eigenvalue weighted by Crippen LogP contribution is -2.25. The van der Waals surface area contributed by atoms with E-state index in [0.29, 0.717) is 11.0 Å². The topological polar surface area (TPSA) is 12.0 Å². The minimum Gasteiger partial charge on any atom is -0.384 e. The normalized spacial score (nSPS) is 14.3. The van der Waals surface area contributed by atoms with E-state index >= 15 is 0 Å². The van der Waals surface area contributed by atoms with Gasteiger partial charge in [0.15, 0.2) is 0 Å². The Morgan fingerprint density at radius 1 is 1.21 bits per heavy atom. The predicted octanol–water partition coefficient (Wildman–Crippen LogP) is 5.56. The van der Waals surface area contributed by atoms with Crippen molar-refractivity contribution in [1.82, 2.24) is 0 Å². The van der Waals surface area contributed by atoms with Gasteiger partial charge in [-0.05, 0) is 29.5 Å². The Bertz CT molecular complexity index is 435. The first kappa shape index (κ1) is 16.3. The molecule has 0 bridgehead atoms. The molecule has 19 heavy (non-hydrogen) atoms. The molecule has 1 atom stereocenters. The highest BCUT2D eigenvalue weighted by Crippen LogP contribution is 2.36. The number of rotatable bonds is 3. The second kappa shape index (κ2) is 5.73. The molecule has 0 spiro atoms. The highest BCUT2D eigenvalue weighted by molar-refractivity contribution is 9.10. The standard InChI is InChI=1S/C14H19BrF3N/c1-9(13(2,3)4)8-19-12-7-10(15)5-6-11(12)14(16,17)18/h5-7,9,19H,8H2,1-4H3. The van der Waals surface area contributed by atoms with Crippen molar-refractivity contribution in [2.24, 2.45) is 11.3 Å². The molecule has 0 aliphatic rings. The molecule has 0 aromatic heterocycles. The SMILES string of the molecule is CC(CNc1cc(Br)ccc1C(F)(F)F)C(C)(C)C. The summed E-state index contributed by atoms with van der Waals surface area (Å²) in [6.07, 6.45) is -4.34. The maximum atomic E-state index is 12.9. The van der Waals surface area contributed by atoms with Crippen LogP contribution >= 0.6 is 15.9 Å². The van der Waals surface area contributed by atoms with Gasteiger partial charge in [0.1, 0.15) is 0 Å². The Morgan fingerprint density at radius 2 is 1.79 bits per heavy atom. The predicted molar refractivity (Wildman–Crippen MR) is 76.3 cm³/mol. The van der Waals surface area contributed by atoms with Crippen LogP contribution in [0.5, 0.6) is 0 Å². The van der Waals surface area contributed by atoms with Gasteiger partial charge in [-0.25, -0.2) is 0 Å². The first-order chi connectivity index (χ1) is 8.51. The zero-order chi connectivity index (χ0) is 14.8. The first-order valence-electron chi connectivity index (χ1n) is 6.12. The fraction of sp³-hybridized carbons (Fsp3) is 0.571. The van der Waals surface area contributed by atoms with E-state index in [1.807, 2.05) is 6.92 Å². The lowest BCUT2D eigenvalue weighted by molar-refractivity contribution is -0.137. The van der Waals surface area contributed by atoms with Crippen LogP contribution in [0, 0.1) is 11.3 Å². The maximum absolute atomic E-state index is 12.9. The summed E-state index contributed by atoms with van der Waals surface area (Å²) in [5, 5.41) is 2.92. The number of benzene rings is 1. The zero-order valence-corrected chi connectivity index (χ0v) is 13.1. The van der Waals surface area contributed by atoms with Gasteiger partial charge < -0.3 is 5.32 Å². The van der Waals surface area contributed by atoms with Crippen LogP contribution in [0.3, 0.4) is 0 Å². The van der Waals surface area contributed by atoms with Gasteiger partial charge in [-0.1, -0.05) is 43.6 Å². The van der Waals surface area contributed by atoms with E-state index in [-0.39, 0.29) is 17.0 Å². The second-order valence-electron chi connectivity index (χ2n) is 5.84. The third kappa shape index (κ3) is 4.71. The van der Waals surface area contributed by atoms with Gasteiger partial charge in [-0.2, -0.15) is 13.2 Å². The molecule has 0 aliphatic carbocycles. The highest BCUT2D eigenvalue weighted by atomic mass is 79.9. The Balaban J connectivity index is 2.92. The fourth-order valence-electron chi connectivity index (χ4n) is 1.48. The summed E-state index contributed by atoms with van der Waals surface area (Å²) in [6, 6.07) is 3.97. The van der Waals surface area contributed by atoms with Crippen molar-refractivity contribution in [3.05, 3.63) is 28.2 Å². The van der Waals surface area contributed by atoms with Crippen molar-refractivity contribution in [2.75, 3.05) is 11.9 Å². The molecular weight excluding hydrogens is 319 g/mol. The quantitative estimate of drug-likeness (QED) is 0.761. The smallest absolute Gasteiger partial charge is 0.384 e. The van der Waals surface area contributed by atoms with Gasteiger partial charge in [0.25, 0.3) is 0 Å². The van der Waals surface area contributed by atoms with Crippen LogP contribution in [0.15, 0.2) is 22.7 Å².